The molecule has 3 saturated carbocycles. The topological polar surface area (TPSA) is 66.0 Å². The van der Waals surface area contributed by atoms with Crippen molar-refractivity contribution in [3.63, 3.8) is 0 Å². The summed E-state index contributed by atoms with van der Waals surface area (Å²) in [5, 5.41) is 3.04. The lowest BCUT2D eigenvalue weighted by atomic mass is 9.47. The molecular formula is C35H56NO5. The van der Waals surface area contributed by atoms with E-state index in [9.17, 15) is 4.79 Å². The van der Waals surface area contributed by atoms with Crippen molar-refractivity contribution in [2.24, 2.45) is 40.4 Å². The van der Waals surface area contributed by atoms with Crippen molar-refractivity contribution in [2.75, 3.05) is 59.4 Å². The molecule has 1 amide bonds. The summed E-state index contributed by atoms with van der Waals surface area (Å²) < 4.78 is 21.6. The third-order valence-electron chi connectivity index (χ3n) is 11.3. The minimum absolute atomic E-state index is 0.149. The molecule has 0 aromatic carbocycles. The van der Waals surface area contributed by atoms with Gasteiger partial charge in [0.15, 0.2) is 0 Å². The lowest BCUT2D eigenvalue weighted by Crippen LogP contribution is -2.50. The van der Waals surface area contributed by atoms with Gasteiger partial charge in [-0.15, -0.1) is 6.42 Å². The Kier molecular flexibility index (Phi) is 12.6. The van der Waals surface area contributed by atoms with Gasteiger partial charge in [0.25, 0.3) is 0 Å². The van der Waals surface area contributed by atoms with Crippen LogP contribution < -0.4 is 5.32 Å². The average Bonchev–Trinajstić information content (AvgIpc) is 3.33. The van der Waals surface area contributed by atoms with Gasteiger partial charge in [0.05, 0.1) is 46.2 Å². The van der Waals surface area contributed by atoms with Crippen LogP contribution in [0.1, 0.15) is 85.0 Å². The Morgan fingerprint density at radius 1 is 1.00 bits per heavy atom. The first-order chi connectivity index (χ1) is 19.9. The minimum atomic E-state index is 0.149. The zero-order valence-corrected chi connectivity index (χ0v) is 26.1. The summed E-state index contributed by atoms with van der Waals surface area (Å²) >= 11 is 0. The molecule has 0 unspecified atom stereocenters. The highest BCUT2D eigenvalue weighted by atomic mass is 16.6. The van der Waals surface area contributed by atoms with E-state index in [1.54, 1.807) is 5.57 Å². The van der Waals surface area contributed by atoms with E-state index in [1.165, 1.54) is 51.4 Å². The van der Waals surface area contributed by atoms with Crippen LogP contribution in [0, 0.1) is 59.2 Å². The number of fused-ring (bicyclic) bond motifs is 5. The van der Waals surface area contributed by atoms with E-state index in [0.29, 0.717) is 82.6 Å². The van der Waals surface area contributed by atoms with Crippen LogP contribution in [0.3, 0.4) is 0 Å². The van der Waals surface area contributed by atoms with E-state index in [4.69, 9.17) is 25.4 Å². The van der Waals surface area contributed by atoms with Gasteiger partial charge in [0, 0.05) is 13.0 Å². The summed E-state index contributed by atoms with van der Waals surface area (Å²) in [7, 11) is 0. The monoisotopic (exact) mass is 570 g/mol. The van der Waals surface area contributed by atoms with Gasteiger partial charge in [-0.05, 0) is 105 Å². The third-order valence-corrected chi connectivity index (χ3v) is 11.3. The fourth-order valence-electron chi connectivity index (χ4n) is 9.16. The fourth-order valence-corrected chi connectivity index (χ4v) is 9.16. The van der Waals surface area contributed by atoms with Gasteiger partial charge in [-0.3, -0.25) is 4.79 Å². The number of ether oxygens (including phenoxy) is 4. The van der Waals surface area contributed by atoms with Gasteiger partial charge in [0.2, 0.25) is 5.91 Å². The number of hydrogen-bond donors (Lipinski definition) is 1. The van der Waals surface area contributed by atoms with Crippen molar-refractivity contribution in [1.82, 2.24) is 5.32 Å². The first kappa shape index (κ1) is 32.5. The Bertz CT molecular complexity index is 897. The standard InChI is InChI=1S/C35H56NO5/c1-5-19-38-21-23-40-25-26-41-24-22-39-20-18-36-33(37)14-9-27(2)30-12-13-31-29-11-10-28-8-6-7-16-34(28,3)32(29)15-17-35(30,31)4/h1,6,10,27,29-32H,7-9,11-26H2,2-4H3,(H,36,37)/t27-,29+,30-,31+,32+,34+,35-/m1/s1. The maximum Gasteiger partial charge on any atom is 0.220 e. The summed E-state index contributed by atoms with van der Waals surface area (Å²) in [6.07, 6.45) is 22.6. The maximum atomic E-state index is 12.6. The van der Waals surface area contributed by atoms with E-state index in [0.717, 1.165) is 30.1 Å². The highest BCUT2D eigenvalue weighted by Gasteiger charge is 2.58. The number of rotatable bonds is 17. The molecule has 0 aromatic rings. The van der Waals surface area contributed by atoms with Crippen LogP contribution >= 0.6 is 0 Å². The summed E-state index contributed by atoms with van der Waals surface area (Å²) in [5.41, 5.74) is 2.64. The number of allylic oxidation sites excluding steroid dienone is 2. The van der Waals surface area contributed by atoms with E-state index >= 15 is 0 Å². The molecule has 0 spiro atoms. The molecule has 4 aliphatic carbocycles. The molecule has 0 saturated heterocycles. The van der Waals surface area contributed by atoms with Gasteiger partial charge in [-0.25, -0.2) is 0 Å². The second kappa shape index (κ2) is 15.9. The van der Waals surface area contributed by atoms with Crippen LogP contribution in [0.5, 0.6) is 0 Å². The first-order valence-corrected chi connectivity index (χ1v) is 16.4. The van der Waals surface area contributed by atoms with E-state index in [1.807, 2.05) is 0 Å². The Balaban J connectivity index is 1.07. The van der Waals surface area contributed by atoms with Crippen LogP contribution in [0.15, 0.2) is 11.6 Å². The molecule has 231 valence electrons. The molecule has 1 radical (unpaired) electrons. The molecule has 3 fully saturated rings. The van der Waals surface area contributed by atoms with Crippen molar-refractivity contribution in [3.05, 3.63) is 18.1 Å². The molecule has 0 heterocycles. The van der Waals surface area contributed by atoms with Crippen molar-refractivity contribution in [1.29, 1.82) is 0 Å². The number of hydrogen-bond acceptors (Lipinski definition) is 5. The van der Waals surface area contributed by atoms with E-state index in [-0.39, 0.29) is 5.91 Å². The average molecular weight is 571 g/mol. The van der Waals surface area contributed by atoms with Gasteiger partial charge in [-0.1, -0.05) is 38.3 Å². The lowest BCUT2D eigenvalue weighted by Gasteiger charge is -2.58. The van der Waals surface area contributed by atoms with Gasteiger partial charge >= 0.3 is 0 Å². The maximum absolute atomic E-state index is 12.6. The molecular weight excluding hydrogens is 514 g/mol. The van der Waals surface area contributed by atoms with E-state index in [2.05, 4.69) is 44.5 Å². The molecule has 4 aliphatic rings. The molecule has 4 rings (SSSR count). The number of carbonyl (C=O) groups excluding carboxylic acids is 1. The van der Waals surface area contributed by atoms with E-state index < -0.39 is 0 Å². The minimum Gasteiger partial charge on any atom is -0.377 e. The quantitative estimate of drug-likeness (QED) is 0.132. The van der Waals surface area contributed by atoms with Crippen LogP contribution in [0.4, 0.5) is 0 Å². The number of amides is 1. The Morgan fingerprint density at radius 3 is 2.44 bits per heavy atom. The molecule has 6 heteroatoms. The summed E-state index contributed by atoms with van der Waals surface area (Å²) in [4.78, 5) is 12.6. The lowest BCUT2D eigenvalue weighted by molar-refractivity contribution is -0.121. The van der Waals surface area contributed by atoms with Gasteiger partial charge in [0.1, 0.15) is 6.61 Å². The summed E-state index contributed by atoms with van der Waals surface area (Å²) in [6, 6.07) is 0. The molecule has 0 bridgehead atoms. The predicted molar refractivity (Wildman–Crippen MR) is 163 cm³/mol. The SMILES string of the molecule is C#CCOCCOCCOCCOCCNC(=O)CC[C@@H](C)[C@H]1CC[C@H]2[C@@H]3CC=C4C[CH]CC[C@]4(C)[C@H]3CC[C@]12C. The van der Waals surface area contributed by atoms with Crippen molar-refractivity contribution >= 4 is 5.91 Å². The molecule has 0 aromatic heterocycles. The van der Waals surface area contributed by atoms with Gasteiger partial charge < -0.3 is 24.3 Å². The van der Waals surface area contributed by atoms with Crippen LogP contribution in [0.25, 0.3) is 0 Å². The smallest absolute Gasteiger partial charge is 0.220 e. The summed E-state index contributed by atoms with van der Waals surface area (Å²) in [5.74, 6) is 6.51. The second-order valence-electron chi connectivity index (χ2n) is 13.5. The highest BCUT2D eigenvalue weighted by molar-refractivity contribution is 5.75. The number of carbonyl (C=O) groups is 1. The third kappa shape index (κ3) is 8.17. The number of terminal acetylenes is 1. The van der Waals surface area contributed by atoms with Crippen LogP contribution in [-0.4, -0.2) is 65.3 Å². The van der Waals surface area contributed by atoms with Crippen molar-refractivity contribution < 1.29 is 23.7 Å². The van der Waals surface area contributed by atoms with Crippen molar-refractivity contribution in [3.8, 4) is 12.3 Å². The Hall–Kier alpha value is -1.39. The number of nitrogens with one attached hydrogen (secondary N) is 1. The van der Waals surface area contributed by atoms with Gasteiger partial charge in [-0.2, -0.15) is 0 Å². The highest BCUT2D eigenvalue weighted by Crippen LogP contribution is 2.67. The molecule has 0 aliphatic heterocycles. The zero-order valence-electron chi connectivity index (χ0n) is 26.1. The largest absolute Gasteiger partial charge is 0.377 e. The Labute approximate surface area is 250 Å². The Morgan fingerprint density at radius 2 is 1.71 bits per heavy atom. The summed E-state index contributed by atoms with van der Waals surface area (Å²) in [6.45, 7) is 12.1. The molecule has 6 nitrogen and oxygen atoms in total. The van der Waals surface area contributed by atoms with Crippen LogP contribution in [0.2, 0.25) is 0 Å². The predicted octanol–water partition coefficient (Wildman–Crippen LogP) is 6.00. The second-order valence-corrected chi connectivity index (χ2v) is 13.5. The first-order valence-electron chi connectivity index (χ1n) is 16.4. The molecule has 41 heavy (non-hydrogen) atoms. The molecule has 1 N–H and O–H groups in total. The zero-order chi connectivity index (χ0) is 29.1. The van der Waals surface area contributed by atoms with Crippen molar-refractivity contribution in [2.45, 2.75) is 85.0 Å². The normalized spacial score (nSPS) is 33.2. The fraction of sp³-hybridized carbons (Fsp3) is 0.829. The van der Waals surface area contributed by atoms with Crippen LogP contribution in [-0.2, 0) is 23.7 Å². The molecule has 7 atom stereocenters.